The Morgan fingerprint density at radius 2 is 1.65 bits per heavy atom. The molecule has 17 heavy (non-hydrogen) atoms. The molecule has 1 N–H and O–H groups in total. The maximum atomic E-state index is 9.27. The summed E-state index contributed by atoms with van der Waals surface area (Å²) in [7, 11) is 1.61. The van der Waals surface area contributed by atoms with Gasteiger partial charge in [0, 0.05) is 12.6 Å². The molecule has 0 fully saturated rings. The molecule has 0 radical (unpaired) electrons. The van der Waals surface area contributed by atoms with E-state index in [4.69, 9.17) is 4.74 Å². The normalized spacial score (nSPS) is 10.5. The van der Waals surface area contributed by atoms with Gasteiger partial charge in [-0.05, 0) is 18.2 Å². The summed E-state index contributed by atoms with van der Waals surface area (Å²) in [5.74, 6) is 1.56. The van der Waals surface area contributed by atoms with Crippen LogP contribution in [0.1, 0.15) is 5.56 Å². The molecule has 0 aliphatic carbocycles. The SMILES string of the molecule is CN(O)Cc1ccccc1Oc1ccccc1. The fraction of sp³-hybridized carbons (Fsp3) is 0.143. The van der Waals surface area contributed by atoms with E-state index >= 15 is 0 Å². The molecular formula is C14H15NO2. The Labute approximate surface area is 101 Å². The molecule has 0 aliphatic rings. The van der Waals surface area contributed by atoms with E-state index < -0.39 is 0 Å². The highest BCUT2D eigenvalue weighted by atomic mass is 16.5. The van der Waals surface area contributed by atoms with Crippen LogP contribution in [0.2, 0.25) is 0 Å². The lowest BCUT2D eigenvalue weighted by molar-refractivity contribution is -0.0734. The standard InChI is InChI=1S/C14H15NO2/c1-15(16)11-12-7-5-6-10-14(12)17-13-8-3-2-4-9-13/h2-10,16H,11H2,1H3. The highest BCUT2D eigenvalue weighted by molar-refractivity contribution is 5.37. The number of hydroxylamine groups is 2. The Morgan fingerprint density at radius 3 is 2.35 bits per heavy atom. The Morgan fingerprint density at radius 1 is 1.00 bits per heavy atom. The van der Waals surface area contributed by atoms with Gasteiger partial charge < -0.3 is 9.94 Å². The summed E-state index contributed by atoms with van der Waals surface area (Å²) in [6, 6.07) is 17.3. The van der Waals surface area contributed by atoms with Crippen LogP contribution < -0.4 is 4.74 Å². The molecule has 0 unspecified atom stereocenters. The Bertz CT molecular complexity index is 469. The van der Waals surface area contributed by atoms with Crippen molar-refractivity contribution in [1.29, 1.82) is 0 Å². The van der Waals surface area contributed by atoms with E-state index in [2.05, 4.69) is 0 Å². The highest BCUT2D eigenvalue weighted by Crippen LogP contribution is 2.25. The number of hydrogen-bond acceptors (Lipinski definition) is 3. The first kappa shape index (κ1) is 11.6. The lowest BCUT2D eigenvalue weighted by atomic mass is 10.2. The van der Waals surface area contributed by atoms with E-state index in [1.54, 1.807) is 7.05 Å². The molecule has 2 aromatic carbocycles. The third-order valence-electron chi connectivity index (χ3n) is 2.34. The molecule has 3 nitrogen and oxygen atoms in total. The van der Waals surface area contributed by atoms with Crippen LogP contribution in [0.25, 0.3) is 0 Å². The fourth-order valence-electron chi connectivity index (χ4n) is 1.60. The zero-order valence-corrected chi connectivity index (χ0v) is 9.71. The van der Waals surface area contributed by atoms with Gasteiger partial charge in [0.05, 0.1) is 6.54 Å². The van der Waals surface area contributed by atoms with Gasteiger partial charge in [0.15, 0.2) is 0 Å². The molecule has 0 atom stereocenters. The first-order chi connectivity index (χ1) is 8.25. The predicted octanol–water partition coefficient (Wildman–Crippen LogP) is 3.30. The second kappa shape index (κ2) is 5.48. The zero-order chi connectivity index (χ0) is 12.1. The number of benzene rings is 2. The average Bonchev–Trinajstić information content (AvgIpc) is 2.32. The molecule has 0 spiro atoms. The largest absolute Gasteiger partial charge is 0.457 e. The van der Waals surface area contributed by atoms with Crippen LogP contribution in [-0.4, -0.2) is 17.3 Å². The predicted molar refractivity (Wildman–Crippen MR) is 66.2 cm³/mol. The molecule has 2 aromatic rings. The zero-order valence-electron chi connectivity index (χ0n) is 9.71. The topological polar surface area (TPSA) is 32.7 Å². The van der Waals surface area contributed by atoms with Crippen molar-refractivity contribution in [1.82, 2.24) is 5.06 Å². The van der Waals surface area contributed by atoms with E-state index in [1.807, 2.05) is 54.6 Å². The van der Waals surface area contributed by atoms with Crippen molar-refractivity contribution in [2.45, 2.75) is 6.54 Å². The molecule has 2 rings (SSSR count). The number of hydrogen-bond donors (Lipinski definition) is 1. The molecule has 0 aromatic heterocycles. The van der Waals surface area contributed by atoms with E-state index in [9.17, 15) is 5.21 Å². The molecular weight excluding hydrogens is 214 g/mol. The minimum Gasteiger partial charge on any atom is -0.457 e. The minimum absolute atomic E-state index is 0.434. The van der Waals surface area contributed by atoms with Crippen molar-refractivity contribution in [2.24, 2.45) is 0 Å². The van der Waals surface area contributed by atoms with Gasteiger partial charge in [-0.25, -0.2) is 0 Å². The summed E-state index contributed by atoms with van der Waals surface area (Å²) in [4.78, 5) is 0. The molecule has 0 saturated heterocycles. The minimum atomic E-state index is 0.434. The number of para-hydroxylation sites is 2. The number of ether oxygens (including phenoxy) is 1. The van der Waals surface area contributed by atoms with Crippen molar-refractivity contribution in [2.75, 3.05) is 7.05 Å². The van der Waals surface area contributed by atoms with Crippen molar-refractivity contribution in [3.8, 4) is 11.5 Å². The monoisotopic (exact) mass is 229 g/mol. The van der Waals surface area contributed by atoms with Crippen LogP contribution in [-0.2, 0) is 6.54 Å². The number of rotatable bonds is 4. The average molecular weight is 229 g/mol. The highest BCUT2D eigenvalue weighted by Gasteiger charge is 2.05. The summed E-state index contributed by atoms with van der Waals surface area (Å²) in [6.45, 7) is 0.434. The molecule has 88 valence electrons. The number of nitrogens with zero attached hydrogens (tertiary/aromatic N) is 1. The quantitative estimate of drug-likeness (QED) is 0.816. The maximum absolute atomic E-state index is 9.27. The Hall–Kier alpha value is -1.84. The van der Waals surface area contributed by atoms with Gasteiger partial charge in [-0.3, -0.25) is 0 Å². The first-order valence-corrected chi connectivity index (χ1v) is 5.46. The summed E-state index contributed by atoms with van der Waals surface area (Å²) < 4.78 is 5.77. The van der Waals surface area contributed by atoms with Crippen LogP contribution >= 0.6 is 0 Å². The molecule has 3 heteroatoms. The molecule has 0 heterocycles. The van der Waals surface area contributed by atoms with Crippen LogP contribution in [0.4, 0.5) is 0 Å². The molecule has 0 amide bonds. The second-order valence-corrected chi connectivity index (χ2v) is 3.84. The summed E-state index contributed by atoms with van der Waals surface area (Å²) in [5, 5.41) is 10.4. The second-order valence-electron chi connectivity index (χ2n) is 3.84. The van der Waals surface area contributed by atoms with Crippen LogP contribution in [0.3, 0.4) is 0 Å². The van der Waals surface area contributed by atoms with Gasteiger partial charge in [0.1, 0.15) is 11.5 Å². The van der Waals surface area contributed by atoms with Gasteiger partial charge in [-0.1, -0.05) is 36.4 Å². The van der Waals surface area contributed by atoms with Gasteiger partial charge in [-0.15, -0.1) is 0 Å². The Balaban J connectivity index is 2.20. The Kier molecular flexibility index (Phi) is 3.75. The van der Waals surface area contributed by atoms with Gasteiger partial charge in [0.2, 0.25) is 0 Å². The van der Waals surface area contributed by atoms with E-state index in [-0.39, 0.29) is 0 Å². The summed E-state index contributed by atoms with van der Waals surface area (Å²) in [6.07, 6.45) is 0. The van der Waals surface area contributed by atoms with Crippen molar-refractivity contribution in [3.63, 3.8) is 0 Å². The smallest absolute Gasteiger partial charge is 0.132 e. The lowest BCUT2D eigenvalue weighted by Gasteiger charge is -2.13. The third kappa shape index (κ3) is 3.31. The van der Waals surface area contributed by atoms with E-state index in [0.717, 1.165) is 22.1 Å². The van der Waals surface area contributed by atoms with Gasteiger partial charge in [-0.2, -0.15) is 5.06 Å². The maximum Gasteiger partial charge on any atom is 0.132 e. The van der Waals surface area contributed by atoms with Gasteiger partial charge in [0.25, 0.3) is 0 Å². The van der Waals surface area contributed by atoms with Crippen LogP contribution in [0.15, 0.2) is 54.6 Å². The van der Waals surface area contributed by atoms with E-state index in [1.165, 1.54) is 0 Å². The van der Waals surface area contributed by atoms with Crippen LogP contribution in [0.5, 0.6) is 11.5 Å². The molecule has 0 bridgehead atoms. The van der Waals surface area contributed by atoms with Gasteiger partial charge >= 0.3 is 0 Å². The summed E-state index contributed by atoms with van der Waals surface area (Å²) in [5.41, 5.74) is 0.946. The summed E-state index contributed by atoms with van der Waals surface area (Å²) >= 11 is 0. The van der Waals surface area contributed by atoms with Crippen molar-refractivity contribution in [3.05, 3.63) is 60.2 Å². The van der Waals surface area contributed by atoms with Crippen LogP contribution in [0, 0.1) is 0 Å². The van der Waals surface area contributed by atoms with Crippen molar-refractivity contribution >= 4 is 0 Å². The third-order valence-corrected chi connectivity index (χ3v) is 2.34. The lowest BCUT2D eigenvalue weighted by Crippen LogP contribution is -2.12. The van der Waals surface area contributed by atoms with Crippen molar-refractivity contribution < 1.29 is 9.94 Å². The van der Waals surface area contributed by atoms with E-state index in [0.29, 0.717) is 6.54 Å². The fourth-order valence-corrected chi connectivity index (χ4v) is 1.60. The molecule has 0 saturated carbocycles. The first-order valence-electron chi connectivity index (χ1n) is 5.46. The molecule has 0 aliphatic heterocycles.